The molecule has 0 bridgehead atoms. The fourth-order valence-corrected chi connectivity index (χ4v) is 2.59. The first-order valence-corrected chi connectivity index (χ1v) is 4.86. The second kappa shape index (κ2) is 3.13. The molecule has 2 nitrogen and oxygen atoms in total. The molecule has 2 heterocycles. The summed E-state index contributed by atoms with van der Waals surface area (Å²) in [6.45, 7) is 2.58. The SMILES string of the molecule is CCC1/C(=C\F)CN2C(=O)CCC12. The van der Waals surface area contributed by atoms with Crippen LogP contribution in [-0.2, 0) is 4.79 Å². The lowest BCUT2D eigenvalue weighted by Crippen LogP contribution is -2.29. The highest BCUT2D eigenvalue weighted by atomic mass is 19.1. The molecule has 0 radical (unpaired) electrons. The second-order valence-corrected chi connectivity index (χ2v) is 3.83. The van der Waals surface area contributed by atoms with Crippen LogP contribution in [0.5, 0.6) is 0 Å². The molecule has 2 atom stereocenters. The fourth-order valence-electron chi connectivity index (χ4n) is 2.59. The highest BCUT2D eigenvalue weighted by Gasteiger charge is 2.43. The predicted octanol–water partition coefficient (Wildman–Crippen LogP) is 1.87. The molecule has 0 aromatic heterocycles. The van der Waals surface area contributed by atoms with E-state index in [1.807, 2.05) is 4.90 Å². The van der Waals surface area contributed by atoms with Gasteiger partial charge in [0.2, 0.25) is 5.91 Å². The standard InChI is InChI=1S/C10H14FNO/c1-2-8-7(5-11)6-12-9(8)3-4-10(12)13/h5,8-9H,2-4,6H2,1H3/b7-5-. The van der Waals surface area contributed by atoms with E-state index in [4.69, 9.17) is 0 Å². The second-order valence-electron chi connectivity index (χ2n) is 3.83. The molecule has 2 aliphatic heterocycles. The topological polar surface area (TPSA) is 20.3 Å². The van der Waals surface area contributed by atoms with Crippen LogP contribution >= 0.6 is 0 Å². The third-order valence-electron chi connectivity index (χ3n) is 3.25. The highest BCUT2D eigenvalue weighted by Crippen LogP contribution is 2.38. The summed E-state index contributed by atoms with van der Waals surface area (Å²) < 4.78 is 12.5. The van der Waals surface area contributed by atoms with Crippen molar-refractivity contribution in [1.82, 2.24) is 4.90 Å². The summed E-state index contributed by atoms with van der Waals surface area (Å²) in [6.07, 6.45) is 3.19. The Balaban J connectivity index is 2.23. The first-order valence-electron chi connectivity index (χ1n) is 4.86. The summed E-state index contributed by atoms with van der Waals surface area (Å²) >= 11 is 0. The monoisotopic (exact) mass is 183 g/mol. The molecule has 13 heavy (non-hydrogen) atoms. The van der Waals surface area contributed by atoms with Gasteiger partial charge in [0, 0.05) is 24.9 Å². The molecule has 0 aromatic rings. The average molecular weight is 183 g/mol. The van der Waals surface area contributed by atoms with E-state index in [1.54, 1.807) is 0 Å². The van der Waals surface area contributed by atoms with Crippen molar-refractivity contribution in [3.63, 3.8) is 0 Å². The maximum atomic E-state index is 12.5. The summed E-state index contributed by atoms with van der Waals surface area (Å²) in [5.74, 6) is 0.469. The fraction of sp³-hybridized carbons (Fsp3) is 0.700. The molecule has 72 valence electrons. The lowest BCUT2D eigenvalue weighted by atomic mass is 9.92. The molecule has 0 N–H and O–H groups in total. The van der Waals surface area contributed by atoms with Crippen LogP contribution in [0.1, 0.15) is 26.2 Å². The first kappa shape index (κ1) is 8.73. The van der Waals surface area contributed by atoms with Gasteiger partial charge in [0.15, 0.2) is 0 Å². The molecule has 2 saturated heterocycles. The van der Waals surface area contributed by atoms with E-state index in [-0.39, 0.29) is 11.8 Å². The zero-order chi connectivity index (χ0) is 9.42. The molecule has 0 aliphatic carbocycles. The van der Waals surface area contributed by atoms with Gasteiger partial charge in [-0.15, -0.1) is 0 Å². The van der Waals surface area contributed by atoms with E-state index in [1.165, 1.54) is 0 Å². The van der Waals surface area contributed by atoms with Gasteiger partial charge in [-0.3, -0.25) is 4.79 Å². The van der Waals surface area contributed by atoms with Crippen LogP contribution in [0.25, 0.3) is 0 Å². The van der Waals surface area contributed by atoms with E-state index in [2.05, 4.69) is 6.92 Å². The van der Waals surface area contributed by atoms with Crippen molar-refractivity contribution in [2.24, 2.45) is 5.92 Å². The van der Waals surface area contributed by atoms with E-state index in [0.29, 0.717) is 25.3 Å². The van der Waals surface area contributed by atoms with E-state index in [0.717, 1.165) is 18.4 Å². The number of fused-ring (bicyclic) bond motifs is 1. The molecule has 0 aromatic carbocycles. The maximum absolute atomic E-state index is 12.5. The quantitative estimate of drug-likeness (QED) is 0.607. The molecule has 2 fully saturated rings. The van der Waals surface area contributed by atoms with Gasteiger partial charge in [0.1, 0.15) is 0 Å². The van der Waals surface area contributed by atoms with Crippen molar-refractivity contribution in [3.05, 3.63) is 11.9 Å². The van der Waals surface area contributed by atoms with Gasteiger partial charge in [-0.05, 0) is 18.4 Å². The summed E-state index contributed by atoms with van der Waals surface area (Å²) in [5, 5.41) is 0. The summed E-state index contributed by atoms with van der Waals surface area (Å²) in [4.78, 5) is 13.2. The van der Waals surface area contributed by atoms with Gasteiger partial charge in [0.05, 0.1) is 6.33 Å². The Morgan fingerprint density at radius 1 is 1.69 bits per heavy atom. The number of carbonyl (C=O) groups is 1. The Labute approximate surface area is 77.4 Å². The van der Waals surface area contributed by atoms with Gasteiger partial charge in [-0.1, -0.05) is 6.92 Å². The minimum absolute atomic E-state index is 0.195. The molecule has 2 aliphatic rings. The summed E-state index contributed by atoms with van der Waals surface area (Å²) in [6, 6.07) is 0.291. The Kier molecular flexibility index (Phi) is 2.10. The molecule has 0 saturated carbocycles. The number of carbonyl (C=O) groups excluding carboxylic acids is 1. The number of amides is 1. The van der Waals surface area contributed by atoms with Crippen molar-refractivity contribution < 1.29 is 9.18 Å². The van der Waals surface area contributed by atoms with Crippen LogP contribution in [0.2, 0.25) is 0 Å². The average Bonchev–Trinajstić information content (AvgIpc) is 2.65. The Morgan fingerprint density at radius 2 is 2.46 bits per heavy atom. The third-order valence-corrected chi connectivity index (χ3v) is 3.25. The lowest BCUT2D eigenvalue weighted by molar-refractivity contribution is -0.127. The van der Waals surface area contributed by atoms with E-state index >= 15 is 0 Å². The third kappa shape index (κ3) is 1.18. The molecular weight excluding hydrogens is 169 g/mol. The Hall–Kier alpha value is -0.860. The Bertz CT molecular complexity index is 262. The highest BCUT2D eigenvalue weighted by molar-refractivity contribution is 5.80. The van der Waals surface area contributed by atoms with Crippen molar-refractivity contribution in [3.8, 4) is 0 Å². The summed E-state index contributed by atoms with van der Waals surface area (Å²) in [5.41, 5.74) is 0.806. The van der Waals surface area contributed by atoms with Gasteiger partial charge >= 0.3 is 0 Å². The van der Waals surface area contributed by atoms with Crippen molar-refractivity contribution in [1.29, 1.82) is 0 Å². The van der Waals surface area contributed by atoms with Gasteiger partial charge in [-0.2, -0.15) is 0 Å². The molecule has 1 amide bonds. The zero-order valence-corrected chi connectivity index (χ0v) is 7.79. The predicted molar refractivity (Wildman–Crippen MR) is 47.7 cm³/mol. The van der Waals surface area contributed by atoms with Crippen molar-refractivity contribution >= 4 is 5.91 Å². The number of hydrogen-bond donors (Lipinski definition) is 0. The number of nitrogens with zero attached hydrogens (tertiary/aromatic N) is 1. The molecule has 2 unspecified atom stereocenters. The van der Waals surface area contributed by atoms with Crippen LogP contribution < -0.4 is 0 Å². The van der Waals surface area contributed by atoms with Crippen molar-refractivity contribution in [2.45, 2.75) is 32.2 Å². The van der Waals surface area contributed by atoms with Gasteiger partial charge < -0.3 is 4.90 Å². The van der Waals surface area contributed by atoms with Crippen LogP contribution in [0, 0.1) is 5.92 Å². The van der Waals surface area contributed by atoms with E-state index < -0.39 is 0 Å². The van der Waals surface area contributed by atoms with Gasteiger partial charge in [0.25, 0.3) is 0 Å². The smallest absolute Gasteiger partial charge is 0.223 e. The zero-order valence-electron chi connectivity index (χ0n) is 7.79. The lowest BCUT2D eigenvalue weighted by Gasteiger charge is -2.18. The summed E-state index contributed by atoms with van der Waals surface area (Å²) in [7, 11) is 0. The maximum Gasteiger partial charge on any atom is 0.223 e. The van der Waals surface area contributed by atoms with E-state index in [9.17, 15) is 9.18 Å². The molecule has 3 heteroatoms. The largest absolute Gasteiger partial charge is 0.335 e. The van der Waals surface area contributed by atoms with Crippen LogP contribution in [-0.4, -0.2) is 23.4 Å². The minimum atomic E-state index is 0.195. The minimum Gasteiger partial charge on any atom is -0.335 e. The van der Waals surface area contributed by atoms with Crippen LogP contribution in [0.3, 0.4) is 0 Å². The number of hydrogen-bond acceptors (Lipinski definition) is 1. The molecule has 2 rings (SSSR count). The van der Waals surface area contributed by atoms with Crippen LogP contribution in [0.4, 0.5) is 4.39 Å². The van der Waals surface area contributed by atoms with Crippen molar-refractivity contribution in [2.75, 3.05) is 6.54 Å². The molecule has 0 spiro atoms. The first-order chi connectivity index (χ1) is 6.27. The Morgan fingerprint density at radius 3 is 3.08 bits per heavy atom. The normalized spacial score (nSPS) is 36.0. The number of rotatable bonds is 1. The number of halogens is 1. The van der Waals surface area contributed by atoms with Gasteiger partial charge in [-0.25, -0.2) is 4.39 Å². The molecular formula is C10H14FNO. The van der Waals surface area contributed by atoms with Crippen LogP contribution in [0.15, 0.2) is 11.9 Å².